The van der Waals surface area contributed by atoms with E-state index in [4.69, 9.17) is 4.98 Å². The molecule has 0 spiro atoms. The molecule has 288 valence electrons. The van der Waals surface area contributed by atoms with Crippen LogP contribution < -0.4 is 10.6 Å². The van der Waals surface area contributed by atoms with Gasteiger partial charge in [0.2, 0.25) is 0 Å². The zero-order valence-electron chi connectivity index (χ0n) is 36.9. The van der Waals surface area contributed by atoms with E-state index in [1.54, 1.807) is 0 Å². The van der Waals surface area contributed by atoms with Crippen molar-refractivity contribution < 1.29 is 0 Å². The molecule has 0 radical (unpaired) electrons. The number of hydrogen-bond acceptors (Lipinski definition) is 2. The third-order valence-corrected chi connectivity index (χ3v) is 16.5. The number of nitrogens with zero attached hydrogens (tertiary/aromatic N) is 2. The first kappa shape index (κ1) is 42.2. The number of pyridine rings is 2. The highest BCUT2D eigenvalue weighted by molar-refractivity contribution is 7.98. The third-order valence-electron chi connectivity index (χ3n) is 10.6. The average Bonchev–Trinajstić information content (AvgIpc) is 3.40. The van der Waals surface area contributed by atoms with E-state index in [1.807, 2.05) is 18.6 Å². The molecule has 2 unspecified atom stereocenters. The fourth-order valence-electron chi connectivity index (χ4n) is 7.28. The second-order valence-electron chi connectivity index (χ2n) is 21.6. The summed E-state index contributed by atoms with van der Waals surface area (Å²) >= 11 is 0. The van der Waals surface area contributed by atoms with Crippen LogP contribution >= 0.6 is 15.8 Å². The van der Waals surface area contributed by atoms with Gasteiger partial charge in [-0.15, -0.1) is 0 Å². The van der Waals surface area contributed by atoms with Crippen molar-refractivity contribution in [1.29, 1.82) is 0 Å². The van der Waals surface area contributed by atoms with Crippen LogP contribution in [0.5, 0.6) is 0 Å². The van der Waals surface area contributed by atoms with Gasteiger partial charge in [0.1, 0.15) is 0 Å². The maximum Gasteiger partial charge on any atom is 0.0346 e. The maximum absolute atomic E-state index is 4.75. The lowest BCUT2D eigenvalue weighted by atomic mass is 9.75. The second kappa shape index (κ2) is 14.5. The van der Waals surface area contributed by atoms with Crippen LogP contribution in [-0.2, 0) is 32.5 Å². The minimum atomic E-state index is -0.992. The molecule has 0 amide bonds. The van der Waals surface area contributed by atoms with E-state index in [1.165, 1.54) is 59.9 Å². The van der Waals surface area contributed by atoms with Crippen molar-refractivity contribution in [2.45, 2.75) is 157 Å². The highest BCUT2D eigenvalue weighted by Crippen LogP contribution is 2.77. The number of hydrogen-bond donors (Lipinski definition) is 0. The van der Waals surface area contributed by atoms with Crippen molar-refractivity contribution in [1.82, 2.24) is 9.97 Å². The molecule has 1 aliphatic heterocycles. The zero-order valence-corrected chi connectivity index (χ0v) is 38.7. The van der Waals surface area contributed by atoms with Crippen LogP contribution in [0.2, 0.25) is 0 Å². The minimum absolute atomic E-state index is 0.0164. The molecule has 2 atom stereocenters. The molecule has 1 aliphatic rings. The number of rotatable bonds is 4. The maximum atomic E-state index is 4.75. The van der Waals surface area contributed by atoms with E-state index in [-0.39, 0.29) is 32.5 Å². The van der Waals surface area contributed by atoms with E-state index in [2.05, 4.69) is 196 Å². The first-order valence-corrected chi connectivity index (χ1v) is 22.6. The lowest BCUT2D eigenvalue weighted by Crippen LogP contribution is -2.32. The Hall–Kier alpha value is -2.92. The Morgan fingerprint density at radius 1 is 0.481 bits per heavy atom. The van der Waals surface area contributed by atoms with Gasteiger partial charge in [-0.2, -0.15) is 0 Å². The molecule has 2 nitrogen and oxygen atoms in total. The molecule has 3 heterocycles. The van der Waals surface area contributed by atoms with Crippen LogP contribution in [0.4, 0.5) is 0 Å². The van der Waals surface area contributed by atoms with Crippen molar-refractivity contribution in [3.63, 3.8) is 0 Å². The summed E-state index contributed by atoms with van der Waals surface area (Å²) in [5, 5.41) is 6.01. The summed E-state index contributed by atoms with van der Waals surface area (Å²) in [6, 6.07) is 19.0. The molecular formula is C50H68N2P2. The van der Waals surface area contributed by atoms with Gasteiger partial charge in [0, 0.05) is 30.4 Å². The Kier molecular flexibility index (Phi) is 11.4. The minimum Gasteiger partial charge on any atom is -0.264 e. The Morgan fingerprint density at radius 3 is 1.24 bits per heavy atom. The number of benzene rings is 2. The van der Waals surface area contributed by atoms with Crippen LogP contribution in [0.25, 0.3) is 11.4 Å². The molecular weight excluding hydrogens is 691 g/mol. The first-order valence-electron chi connectivity index (χ1n) is 19.8. The largest absolute Gasteiger partial charge is 0.264 e. The van der Waals surface area contributed by atoms with E-state index >= 15 is 0 Å². The summed E-state index contributed by atoms with van der Waals surface area (Å²) in [5.41, 5.74) is 10.8. The molecule has 2 aromatic heterocycles. The van der Waals surface area contributed by atoms with Crippen LogP contribution in [0.3, 0.4) is 0 Å². The van der Waals surface area contributed by atoms with Crippen molar-refractivity contribution in [3.05, 3.63) is 129 Å². The Labute approximate surface area is 332 Å². The molecule has 0 bridgehead atoms. The van der Waals surface area contributed by atoms with E-state index in [0.29, 0.717) is 0 Å². The van der Waals surface area contributed by atoms with Crippen molar-refractivity contribution in [3.8, 4) is 0 Å². The highest BCUT2D eigenvalue weighted by Gasteiger charge is 2.43. The predicted molar refractivity (Wildman–Crippen MR) is 243 cm³/mol. The van der Waals surface area contributed by atoms with Crippen LogP contribution in [0, 0.1) is 0 Å². The quantitative estimate of drug-likeness (QED) is 0.194. The highest BCUT2D eigenvalue weighted by atomic mass is 31.2. The standard InChI is InChI=1S/C50H68N2P2/c1-45(2,3)35-26-37(47(7,8)9)43(38(27-35)48(10,11)12)53-32-41(34-22-20-24-52-31-34)54(42(53)25-33-21-19-23-51-30-33)44-39(49(13,14)15)28-36(46(4,5)6)29-40(44)50(16,17)18/h19-32H,1-18H3. The van der Waals surface area contributed by atoms with E-state index in [9.17, 15) is 0 Å². The van der Waals surface area contributed by atoms with Gasteiger partial charge >= 0.3 is 0 Å². The van der Waals surface area contributed by atoms with E-state index < -0.39 is 15.8 Å². The summed E-state index contributed by atoms with van der Waals surface area (Å²) in [6.07, 6.45) is 10.5. The van der Waals surface area contributed by atoms with Gasteiger partial charge in [0.05, 0.1) is 0 Å². The molecule has 4 aromatic rings. The summed E-state index contributed by atoms with van der Waals surface area (Å²) in [4.78, 5) is 9.40. The van der Waals surface area contributed by atoms with Gasteiger partial charge < -0.3 is 0 Å². The molecule has 0 saturated heterocycles. The predicted octanol–water partition coefficient (Wildman–Crippen LogP) is 14.2. The molecule has 0 N–H and O–H groups in total. The Bertz CT molecular complexity index is 1970. The van der Waals surface area contributed by atoms with Crippen LogP contribution in [0.15, 0.2) is 84.2 Å². The molecule has 0 aliphatic carbocycles. The van der Waals surface area contributed by atoms with Crippen molar-refractivity contribution in [2.24, 2.45) is 0 Å². The molecule has 0 saturated carbocycles. The van der Waals surface area contributed by atoms with Gasteiger partial charge in [-0.1, -0.05) is 161 Å². The van der Waals surface area contributed by atoms with Crippen molar-refractivity contribution in [2.75, 3.05) is 0 Å². The van der Waals surface area contributed by atoms with E-state index in [0.717, 1.165) is 5.56 Å². The summed E-state index contributed by atoms with van der Waals surface area (Å²) in [5.74, 6) is 2.72. The lowest BCUT2D eigenvalue weighted by Gasteiger charge is -2.38. The van der Waals surface area contributed by atoms with Gasteiger partial charge in [0.15, 0.2) is 0 Å². The van der Waals surface area contributed by atoms with Gasteiger partial charge in [-0.05, 0) is 132 Å². The second-order valence-corrected chi connectivity index (χ2v) is 26.0. The van der Waals surface area contributed by atoms with Gasteiger partial charge in [-0.25, -0.2) is 0 Å². The fraction of sp³-hybridized carbons (Fsp3) is 0.480. The molecule has 2 aromatic carbocycles. The summed E-state index contributed by atoms with van der Waals surface area (Å²) in [6.45, 7) is 43.1. The smallest absolute Gasteiger partial charge is 0.0346 e. The first-order chi connectivity index (χ1) is 24.6. The molecule has 5 rings (SSSR count). The SMILES string of the molecule is CC(C)(C)c1cc(C(C)(C)C)c(P2C=C(c3cccnc3)P(c3c(C(C)(C)C)cc(C(C)(C)C)cc3C(C)(C)C)C2=Cc2cccnc2)c(C(C)(C)C)c1. The molecule has 4 heteroatoms. The van der Waals surface area contributed by atoms with Crippen LogP contribution in [-0.4, -0.2) is 9.97 Å². The topological polar surface area (TPSA) is 25.8 Å². The Morgan fingerprint density at radius 2 is 0.889 bits per heavy atom. The lowest BCUT2D eigenvalue weighted by molar-refractivity contribution is 0.553. The van der Waals surface area contributed by atoms with Gasteiger partial charge in [0.25, 0.3) is 0 Å². The normalized spacial score (nSPS) is 18.3. The number of aromatic nitrogens is 2. The van der Waals surface area contributed by atoms with Crippen molar-refractivity contribution >= 4 is 37.8 Å². The Balaban J connectivity index is 2.05. The summed E-state index contributed by atoms with van der Waals surface area (Å²) < 4.78 is 0. The monoisotopic (exact) mass is 758 g/mol. The average molecular weight is 759 g/mol. The third kappa shape index (κ3) is 8.87. The summed E-state index contributed by atoms with van der Waals surface area (Å²) in [7, 11) is -1.92. The molecule has 54 heavy (non-hydrogen) atoms. The fourth-order valence-corrected chi connectivity index (χ4v) is 15.2. The molecule has 0 fully saturated rings. The zero-order chi connectivity index (χ0) is 40.4. The van der Waals surface area contributed by atoms with Gasteiger partial charge in [-0.3, -0.25) is 9.97 Å². The van der Waals surface area contributed by atoms with Crippen LogP contribution in [0.1, 0.15) is 169 Å².